The maximum Gasteiger partial charge on any atom is 0.416 e. The van der Waals surface area contributed by atoms with E-state index in [0.29, 0.717) is 17.1 Å². The van der Waals surface area contributed by atoms with Crippen LogP contribution in [0.15, 0.2) is 39.5 Å². The Morgan fingerprint density at radius 3 is 2.10 bits per heavy atom. The van der Waals surface area contributed by atoms with Crippen molar-refractivity contribution in [1.29, 1.82) is 0 Å². The molecular formula is C18H10F6NO4S-. The molecule has 0 atom stereocenters. The van der Waals surface area contributed by atoms with Crippen LogP contribution in [0, 0.1) is 0 Å². The van der Waals surface area contributed by atoms with E-state index < -0.39 is 40.6 Å². The summed E-state index contributed by atoms with van der Waals surface area (Å²) in [6.45, 7) is -0.322. The summed E-state index contributed by atoms with van der Waals surface area (Å²) in [7, 11) is 1.41. The fraction of sp³-hybridized carbons (Fsp3) is 0.222. The van der Waals surface area contributed by atoms with Crippen LogP contribution in [0.25, 0.3) is 10.3 Å². The van der Waals surface area contributed by atoms with Crippen LogP contribution < -0.4 is 15.6 Å². The van der Waals surface area contributed by atoms with Crippen LogP contribution in [0.4, 0.5) is 31.3 Å². The number of anilines is 1. The van der Waals surface area contributed by atoms with Crippen molar-refractivity contribution in [3.63, 3.8) is 0 Å². The summed E-state index contributed by atoms with van der Waals surface area (Å²) in [5, 5.41) is 11.2. The fourth-order valence-electron chi connectivity index (χ4n) is 2.69. The third-order valence-corrected chi connectivity index (χ3v) is 5.25. The molecule has 0 radical (unpaired) electrons. The van der Waals surface area contributed by atoms with Crippen molar-refractivity contribution in [3.05, 3.63) is 63.0 Å². The molecule has 3 aromatic rings. The number of hydrogen-bond acceptors (Lipinski definition) is 6. The molecule has 2 aromatic heterocycles. The summed E-state index contributed by atoms with van der Waals surface area (Å²) in [5.74, 6) is -1.74. The molecular weight excluding hydrogens is 440 g/mol. The highest BCUT2D eigenvalue weighted by molar-refractivity contribution is 7.22. The lowest BCUT2D eigenvalue weighted by atomic mass is 10.0. The zero-order chi connectivity index (χ0) is 22.4. The summed E-state index contributed by atoms with van der Waals surface area (Å²) < 4.78 is 83.1. The normalized spacial score (nSPS) is 12.4. The van der Waals surface area contributed by atoms with Gasteiger partial charge in [-0.05, 0) is 29.8 Å². The number of alkyl halides is 6. The van der Waals surface area contributed by atoms with E-state index in [9.17, 15) is 41.0 Å². The highest BCUT2D eigenvalue weighted by Gasteiger charge is 2.37. The average Bonchev–Trinajstić information content (AvgIpc) is 3.02. The molecule has 0 spiro atoms. The Labute approximate surface area is 167 Å². The van der Waals surface area contributed by atoms with E-state index in [2.05, 4.69) is 0 Å². The number of carboxylic acids is 1. The molecule has 0 aliphatic rings. The smallest absolute Gasteiger partial charge is 0.416 e. The molecule has 5 nitrogen and oxygen atoms in total. The summed E-state index contributed by atoms with van der Waals surface area (Å²) in [6, 6.07) is 3.64. The number of halogens is 6. The molecule has 0 amide bonds. The largest absolute Gasteiger partial charge is 0.545 e. The molecule has 160 valence electrons. The maximum absolute atomic E-state index is 13.0. The molecule has 1 aromatic carbocycles. The Balaban J connectivity index is 1.98. The second-order valence-electron chi connectivity index (χ2n) is 6.32. The molecule has 0 bridgehead atoms. The van der Waals surface area contributed by atoms with Gasteiger partial charge in [0.2, 0.25) is 0 Å². The first-order valence-electron chi connectivity index (χ1n) is 8.04. The quantitative estimate of drug-likeness (QED) is 0.564. The second-order valence-corrected chi connectivity index (χ2v) is 7.38. The van der Waals surface area contributed by atoms with Gasteiger partial charge in [0.15, 0.2) is 5.58 Å². The van der Waals surface area contributed by atoms with Crippen molar-refractivity contribution in [2.45, 2.75) is 18.9 Å². The first-order valence-corrected chi connectivity index (χ1v) is 8.86. The first-order chi connectivity index (χ1) is 13.8. The van der Waals surface area contributed by atoms with Gasteiger partial charge in [0, 0.05) is 19.7 Å². The van der Waals surface area contributed by atoms with Crippen molar-refractivity contribution in [1.82, 2.24) is 0 Å². The Morgan fingerprint density at radius 1 is 1.03 bits per heavy atom. The van der Waals surface area contributed by atoms with Gasteiger partial charge in [-0.25, -0.2) is 4.79 Å². The zero-order valence-electron chi connectivity index (χ0n) is 14.9. The van der Waals surface area contributed by atoms with Gasteiger partial charge in [-0.3, -0.25) is 0 Å². The molecule has 0 aliphatic heterocycles. The van der Waals surface area contributed by atoms with Gasteiger partial charge in [0.1, 0.15) is 0 Å². The summed E-state index contributed by atoms with van der Waals surface area (Å²) in [4.78, 5) is 23.9. The van der Waals surface area contributed by atoms with Gasteiger partial charge in [-0.15, -0.1) is 11.3 Å². The van der Waals surface area contributed by atoms with Crippen LogP contribution >= 0.6 is 11.3 Å². The predicted molar refractivity (Wildman–Crippen MR) is 93.2 cm³/mol. The lowest BCUT2D eigenvalue weighted by Crippen LogP contribution is -2.28. The summed E-state index contributed by atoms with van der Waals surface area (Å²) in [5.41, 5.74) is -4.91. The number of carbonyl (C=O) groups is 1. The molecule has 0 aliphatic carbocycles. The number of rotatable bonds is 4. The molecule has 0 unspecified atom stereocenters. The van der Waals surface area contributed by atoms with Crippen molar-refractivity contribution >= 4 is 32.6 Å². The highest BCUT2D eigenvalue weighted by Crippen LogP contribution is 2.37. The topological polar surface area (TPSA) is 73.6 Å². The third-order valence-electron chi connectivity index (χ3n) is 4.07. The minimum absolute atomic E-state index is 0.0249. The van der Waals surface area contributed by atoms with E-state index in [1.807, 2.05) is 0 Å². The molecule has 0 fully saturated rings. The molecule has 2 heterocycles. The number of fused-ring (bicyclic) bond motifs is 1. The Bertz CT molecular complexity index is 1150. The average molecular weight is 450 g/mol. The number of carbonyl (C=O) groups excluding carboxylic acids is 1. The standard InChI is InChI=1S/C18H11F6NO4S/c1-25(14-6-12-13(30-14)5-11(15(26)27)16(28)29-12)7-8-2-9(17(19,20)21)4-10(3-8)18(22,23)24/h2-6H,7H2,1H3,(H,26,27)/p-1. The lowest BCUT2D eigenvalue weighted by molar-refractivity contribution is -0.255. The Morgan fingerprint density at radius 2 is 1.60 bits per heavy atom. The number of benzene rings is 1. The van der Waals surface area contributed by atoms with Crippen LogP contribution in [0.5, 0.6) is 0 Å². The molecule has 12 heteroatoms. The number of carboxylic acid groups (broad SMARTS) is 1. The van der Waals surface area contributed by atoms with E-state index in [-0.39, 0.29) is 28.5 Å². The Hall–Kier alpha value is -3.02. The summed E-state index contributed by atoms with van der Waals surface area (Å²) >= 11 is 0.942. The molecule has 0 saturated carbocycles. The molecule has 3 rings (SSSR count). The molecule has 0 saturated heterocycles. The number of thiophene rings is 1. The van der Waals surface area contributed by atoms with Crippen molar-refractivity contribution in [2.75, 3.05) is 11.9 Å². The van der Waals surface area contributed by atoms with Gasteiger partial charge in [-0.1, -0.05) is 0 Å². The monoisotopic (exact) mass is 450 g/mol. The number of hydrogen-bond donors (Lipinski definition) is 0. The van der Waals surface area contributed by atoms with Gasteiger partial charge < -0.3 is 19.2 Å². The molecule has 0 N–H and O–H groups in total. The van der Waals surface area contributed by atoms with E-state index in [1.54, 1.807) is 0 Å². The van der Waals surface area contributed by atoms with Crippen LogP contribution in [0.3, 0.4) is 0 Å². The van der Waals surface area contributed by atoms with Gasteiger partial charge in [0.25, 0.3) is 0 Å². The Kier molecular flexibility index (Phi) is 5.31. The summed E-state index contributed by atoms with van der Waals surface area (Å²) in [6.07, 6.45) is -9.92. The second kappa shape index (κ2) is 7.35. The number of aromatic carboxylic acids is 1. The minimum Gasteiger partial charge on any atom is -0.545 e. The van der Waals surface area contributed by atoms with E-state index in [1.165, 1.54) is 18.0 Å². The van der Waals surface area contributed by atoms with E-state index in [4.69, 9.17) is 4.42 Å². The van der Waals surface area contributed by atoms with Crippen molar-refractivity contribution in [3.8, 4) is 0 Å². The van der Waals surface area contributed by atoms with Crippen LogP contribution in [-0.4, -0.2) is 13.0 Å². The van der Waals surface area contributed by atoms with Crippen molar-refractivity contribution < 1.29 is 40.7 Å². The highest BCUT2D eigenvalue weighted by atomic mass is 32.1. The van der Waals surface area contributed by atoms with Gasteiger partial charge >= 0.3 is 18.0 Å². The first kappa shape index (κ1) is 21.7. The van der Waals surface area contributed by atoms with E-state index >= 15 is 0 Å². The van der Waals surface area contributed by atoms with Gasteiger partial charge in [-0.2, -0.15) is 26.3 Å². The fourth-order valence-corrected chi connectivity index (χ4v) is 3.68. The molecule has 30 heavy (non-hydrogen) atoms. The van der Waals surface area contributed by atoms with Crippen LogP contribution in [-0.2, 0) is 18.9 Å². The maximum atomic E-state index is 13.0. The lowest BCUT2D eigenvalue weighted by Gasteiger charge is -2.19. The van der Waals surface area contributed by atoms with Gasteiger partial charge in [0.05, 0.1) is 32.4 Å². The third kappa shape index (κ3) is 4.42. The SMILES string of the molecule is CN(Cc1cc(C(F)(F)F)cc(C(F)(F)F)c1)c1cc2oc(=O)c(C(=O)[O-])cc2s1. The number of nitrogens with zero attached hydrogens (tertiary/aromatic N) is 1. The van der Waals surface area contributed by atoms with Crippen LogP contribution in [0.2, 0.25) is 0 Å². The van der Waals surface area contributed by atoms with E-state index in [0.717, 1.165) is 17.4 Å². The predicted octanol–water partition coefficient (Wildman–Crippen LogP) is 3.89. The van der Waals surface area contributed by atoms with Crippen molar-refractivity contribution in [2.24, 2.45) is 0 Å². The van der Waals surface area contributed by atoms with Crippen LogP contribution in [0.1, 0.15) is 27.0 Å². The minimum atomic E-state index is -4.96. The zero-order valence-corrected chi connectivity index (χ0v) is 15.7.